The van der Waals surface area contributed by atoms with Gasteiger partial charge in [0.05, 0.1) is 5.30 Å². The smallest absolute Gasteiger partial charge is 0.0670 e. The first-order chi connectivity index (χ1) is 13.0. The van der Waals surface area contributed by atoms with E-state index in [1.54, 1.807) is 5.30 Å². The summed E-state index contributed by atoms with van der Waals surface area (Å²) in [4.78, 5) is 0. The molecule has 1 aromatic rings. The van der Waals surface area contributed by atoms with Gasteiger partial charge in [0.2, 0.25) is 0 Å². The van der Waals surface area contributed by atoms with Gasteiger partial charge in [-0.2, -0.15) is 0 Å². The summed E-state index contributed by atoms with van der Waals surface area (Å²) >= 11 is 6.91. The molecule has 1 aromatic carbocycles. The van der Waals surface area contributed by atoms with E-state index in [0.717, 1.165) is 11.3 Å². The molecular weight excluding hydrogens is 367 g/mol. The molecule has 0 unspecified atom stereocenters. The quantitative estimate of drug-likeness (QED) is 0.327. The van der Waals surface area contributed by atoms with Gasteiger partial charge in [0.15, 0.2) is 0 Å². The fraction of sp³-hybridized carbons (Fsp3) is 0.720. The summed E-state index contributed by atoms with van der Waals surface area (Å²) in [7, 11) is -1.47. The molecule has 0 nitrogen and oxygen atoms in total. The number of benzene rings is 1. The van der Waals surface area contributed by atoms with Crippen LogP contribution in [0.25, 0.3) is 0 Å². The third-order valence-electron chi connectivity index (χ3n) is 7.26. The van der Waals surface area contributed by atoms with Crippen LogP contribution in [0, 0.1) is 5.62 Å². The van der Waals surface area contributed by atoms with Crippen LogP contribution in [0.3, 0.4) is 0 Å². The van der Waals surface area contributed by atoms with Gasteiger partial charge in [-0.1, -0.05) is 59.5 Å². The van der Waals surface area contributed by atoms with Crippen molar-refractivity contribution in [2.75, 3.05) is 0 Å². The predicted molar refractivity (Wildman–Crippen MR) is 125 cm³/mol. The topological polar surface area (TPSA) is 0 Å². The molecule has 2 heteroatoms. The molecule has 0 aliphatic heterocycles. The van der Waals surface area contributed by atoms with E-state index in [4.69, 9.17) is 11.6 Å². The average molecular weight is 407 g/mol. The predicted octanol–water partition coefficient (Wildman–Crippen LogP) is 8.60. The summed E-state index contributed by atoms with van der Waals surface area (Å²) in [6.45, 7) is 9.37. The Morgan fingerprint density at radius 1 is 0.741 bits per heavy atom. The van der Waals surface area contributed by atoms with Crippen LogP contribution in [0.4, 0.5) is 0 Å². The van der Waals surface area contributed by atoms with Gasteiger partial charge in [0.1, 0.15) is 0 Å². The fourth-order valence-corrected chi connectivity index (χ4v) is 11.9. The molecule has 0 bridgehead atoms. The molecule has 0 N–H and O–H groups in total. The Morgan fingerprint density at radius 2 is 1.15 bits per heavy atom. The van der Waals surface area contributed by atoms with E-state index >= 15 is 0 Å². The lowest BCUT2D eigenvalue weighted by atomic mass is 9.96. The highest BCUT2D eigenvalue weighted by Gasteiger charge is 2.47. The summed E-state index contributed by atoms with van der Waals surface area (Å²) in [5.41, 5.74) is 6.95. The zero-order chi connectivity index (χ0) is 19.4. The minimum absolute atomic E-state index is 0.581. The second-order valence-electron chi connectivity index (χ2n) is 9.68. The Bertz CT molecular complexity index is 550. The molecule has 2 aliphatic carbocycles. The van der Waals surface area contributed by atoms with Gasteiger partial charge in [-0.25, -0.2) is 0 Å². The van der Waals surface area contributed by atoms with Gasteiger partial charge in [0, 0.05) is 11.3 Å². The molecule has 152 valence electrons. The van der Waals surface area contributed by atoms with E-state index < -0.39 is 7.26 Å². The van der Waals surface area contributed by atoms with Gasteiger partial charge in [-0.15, -0.1) is 0 Å². The maximum Gasteiger partial charge on any atom is 0.0670 e. The van der Waals surface area contributed by atoms with E-state index in [9.17, 15) is 0 Å². The molecule has 0 radical (unpaired) electrons. The Morgan fingerprint density at radius 3 is 1.48 bits per heavy atom. The summed E-state index contributed by atoms with van der Waals surface area (Å²) in [5.74, 6) is 1.16. The zero-order valence-electron chi connectivity index (χ0n) is 18.0. The highest BCUT2D eigenvalue weighted by Crippen LogP contribution is 2.74. The van der Waals surface area contributed by atoms with Crippen molar-refractivity contribution in [3.8, 4) is 0 Å². The van der Waals surface area contributed by atoms with Gasteiger partial charge in [-0.3, -0.25) is 0 Å². The van der Waals surface area contributed by atoms with Crippen LogP contribution in [0.2, 0.25) is 0 Å². The lowest BCUT2D eigenvalue weighted by Crippen LogP contribution is -2.34. The first kappa shape index (κ1) is 21.6. The third-order valence-corrected chi connectivity index (χ3v) is 13.2. The molecule has 2 aliphatic rings. The number of halogens is 1. The minimum Gasteiger partial charge on any atom is -0.304 e. The average Bonchev–Trinajstić information content (AvgIpc) is 2.70. The molecular formula is C25H40ClP. The Kier molecular flexibility index (Phi) is 7.72. The van der Waals surface area contributed by atoms with Crippen LogP contribution >= 0.6 is 18.9 Å². The van der Waals surface area contributed by atoms with E-state index in [-0.39, 0.29) is 0 Å². The molecule has 27 heavy (non-hydrogen) atoms. The van der Waals surface area contributed by atoms with Crippen molar-refractivity contribution in [2.45, 2.75) is 115 Å². The summed E-state index contributed by atoms with van der Waals surface area (Å²) in [5, 5.41) is 1.64. The lowest BCUT2D eigenvalue weighted by Gasteiger charge is -2.49. The molecule has 2 fully saturated rings. The number of hydrogen-bond acceptors (Lipinski definition) is 0. The summed E-state index contributed by atoms with van der Waals surface area (Å²) in [6.07, 6.45) is 14.1. The summed E-state index contributed by atoms with van der Waals surface area (Å²) in [6, 6.07) is 7.61. The second-order valence-corrected chi connectivity index (χ2v) is 14.1. The fourth-order valence-electron chi connectivity index (χ4n) is 5.50. The van der Waals surface area contributed by atoms with Crippen LogP contribution in [0.5, 0.6) is 0 Å². The van der Waals surface area contributed by atoms with Gasteiger partial charge < -0.3 is 11.6 Å². The standard InChI is InChI=1S/C25H40ClP/c1-19(2)21-15-22(20(3)4)17-25(16-21)27(18-26,23-11-7-5-8-12-23)24-13-9-6-10-14-24/h15-20,23-24H,5-14H2,1-4H3. The zero-order valence-corrected chi connectivity index (χ0v) is 19.7. The van der Waals surface area contributed by atoms with E-state index in [1.165, 1.54) is 75.3 Å². The molecule has 0 amide bonds. The van der Waals surface area contributed by atoms with Gasteiger partial charge in [0.25, 0.3) is 0 Å². The Labute approximate surface area is 174 Å². The first-order valence-electron chi connectivity index (χ1n) is 11.5. The Hall–Kier alpha value is -0.0600. The largest absolute Gasteiger partial charge is 0.304 e. The van der Waals surface area contributed by atoms with Crippen molar-refractivity contribution in [1.29, 1.82) is 0 Å². The molecule has 0 saturated heterocycles. The molecule has 0 spiro atoms. The van der Waals surface area contributed by atoms with Crippen LogP contribution in [0.15, 0.2) is 18.2 Å². The highest BCUT2D eigenvalue weighted by molar-refractivity contribution is 7.87. The van der Waals surface area contributed by atoms with Crippen molar-refractivity contribution >= 4 is 24.2 Å². The van der Waals surface area contributed by atoms with Crippen molar-refractivity contribution in [3.05, 3.63) is 34.9 Å². The normalized spacial score (nSPS) is 20.6. The van der Waals surface area contributed by atoms with Crippen LogP contribution in [-0.4, -0.2) is 11.3 Å². The second kappa shape index (κ2) is 9.63. The molecule has 0 heterocycles. The van der Waals surface area contributed by atoms with E-state index in [0.29, 0.717) is 11.8 Å². The SMILES string of the molecule is CC(C)c1cc(C(C)C)cc([P+]([CH-]Cl)(C2CCCCC2)C2CCCCC2)c1. The maximum atomic E-state index is 6.91. The van der Waals surface area contributed by atoms with Crippen LogP contribution < -0.4 is 5.30 Å². The van der Waals surface area contributed by atoms with Crippen molar-refractivity contribution in [1.82, 2.24) is 0 Å². The van der Waals surface area contributed by atoms with Gasteiger partial charge in [-0.05, 0) is 86.5 Å². The third kappa shape index (κ3) is 4.59. The van der Waals surface area contributed by atoms with Crippen molar-refractivity contribution in [3.63, 3.8) is 0 Å². The number of rotatable bonds is 6. The Balaban J connectivity index is 2.13. The van der Waals surface area contributed by atoms with Crippen molar-refractivity contribution < 1.29 is 0 Å². The molecule has 3 rings (SSSR count). The first-order valence-corrected chi connectivity index (χ1v) is 13.9. The molecule has 0 atom stereocenters. The summed E-state index contributed by atoms with van der Waals surface area (Å²) < 4.78 is 0. The lowest BCUT2D eigenvalue weighted by molar-refractivity contribution is 0.483. The number of hydrogen-bond donors (Lipinski definition) is 0. The van der Waals surface area contributed by atoms with Gasteiger partial charge >= 0.3 is 0 Å². The maximum absolute atomic E-state index is 6.91. The monoisotopic (exact) mass is 406 g/mol. The van der Waals surface area contributed by atoms with Crippen LogP contribution in [-0.2, 0) is 0 Å². The highest BCUT2D eigenvalue weighted by atomic mass is 35.5. The van der Waals surface area contributed by atoms with Crippen LogP contribution in [0.1, 0.15) is 115 Å². The van der Waals surface area contributed by atoms with E-state index in [2.05, 4.69) is 51.5 Å². The molecule has 0 aromatic heterocycles. The van der Waals surface area contributed by atoms with Crippen molar-refractivity contribution in [2.24, 2.45) is 0 Å². The minimum atomic E-state index is -1.47. The molecule has 2 saturated carbocycles. The van der Waals surface area contributed by atoms with E-state index in [1.807, 2.05) is 0 Å².